The summed E-state index contributed by atoms with van der Waals surface area (Å²) in [5.41, 5.74) is 3.72. The Morgan fingerprint density at radius 2 is 1.57 bits per heavy atom. The average molecular weight is 382 g/mol. The quantitative estimate of drug-likeness (QED) is 0.656. The highest BCUT2D eigenvalue weighted by Gasteiger charge is 2.13. The number of carbonyl (C=O) groups excluding carboxylic acids is 2. The van der Waals surface area contributed by atoms with Crippen LogP contribution in [-0.4, -0.2) is 18.5 Å². The Labute approximate surface area is 168 Å². The van der Waals surface area contributed by atoms with Crippen LogP contribution in [0, 0.1) is 5.92 Å². The standard InChI is InChI=1S/C24H31NO3/c1-17(2)16-28-23(27)19-9-13-21(14-10-19)25-22(26)15-8-18-6-11-20(12-7-18)24(3,4)5/h6-7,9-14,17H,8,15-16H2,1-5H3,(H,25,26). The highest BCUT2D eigenvalue weighted by molar-refractivity contribution is 5.93. The summed E-state index contributed by atoms with van der Waals surface area (Å²) in [5, 5.41) is 2.87. The van der Waals surface area contributed by atoms with Crippen LogP contribution in [0.25, 0.3) is 0 Å². The van der Waals surface area contributed by atoms with Crippen LogP contribution in [0.3, 0.4) is 0 Å². The van der Waals surface area contributed by atoms with Crippen LogP contribution in [0.2, 0.25) is 0 Å². The molecule has 0 aliphatic carbocycles. The van der Waals surface area contributed by atoms with E-state index < -0.39 is 0 Å². The van der Waals surface area contributed by atoms with E-state index in [0.717, 1.165) is 5.56 Å². The topological polar surface area (TPSA) is 55.4 Å². The molecule has 150 valence electrons. The molecule has 0 bridgehead atoms. The van der Waals surface area contributed by atoms with E-state index in [-0.39, 0.29) is 17.3 Å². The van der Waals surface area contributed by atoms with Crippen molar-refractivity contribution in [2.45, 2.75) is 52.9 Å². The Kier molecular flexibility index (Phi) is 7.38. The van der Waals surface area contributed by atoms with E-state index in [1.54, 1.807) is 24.3 Å². The SMILES string of the molecule is CC(C)COC(=O)c1ccc(NC(=O)CCc2ccc(C(C)(C)C)cc2)cc1. The maximum atomic E-state index is 12.2. The minimum atomic E-state index is -0.342. The molecule has 0 aromatic heterocycles. The van der Waals surface area contributed by atoms with Crippen LogP contribution in [0.15, 0.2) is 48.5 Å². The molecule has 4 nitrogen and oxygen atoms in total. The van der Waals surface area contributed by atoms with Crippen LogP contribution in [0.4, 0.5) is 5.69 Å². The molecule has 0 unspecified atom stereocenters. The molecule has 0 saturated carbocycles. The highest BCUT2D eigenvalue weighted by Crippen LogP contribution is 2.22. The third kappa shape index (κ3) is 6.84. The number of amides is 1. The Bertz CT molecular complexity index is 784. The second-order valence-electron chi connectivity index (χ2n) is 8.56. The van der Waals surface area contributed by atoms with Gasteiger partial charge in [0.05, 0.1) is 12.2 Å². The number of benzene rings is 2. The summed E-state index contributed by atoms with van der Waals surface area (Å²) in [7, 11) is 0. The maximum absolute atomic E-state index is 12.2. The number of anilines is 1. The van der Waals surface area contributed by atoms with Gasteiger partial charge in [0, 0.05) is 12.1 Å². The van der Waals surface area contributed by atoms with E-state index in [1.165, 1.54) is 5.56 Å². The van der Waals surface area contributed by atoms with E-state index in [1.807, 2.05) is 13.8 Å². The highest BCUT2D eigenvalue weighted by atomic mass is 16.5. The Morgan fingerprint density at radius 3 is 2.11 bits per heavy atom. The third-order valence-corrected chi connectivity index (χ3v) is 4.41. The molecular formula is C24H31NO3. The zero-order chi connectivity index (χ0) is 20.7. The molecule has 0 atom stereocenters. The van der Waals surface area contributed by atoms with Crippen LogP contribution >= 0.6 is 0 Å². The average Bonchev–Trinajstić information content (AvgIpc) is 2.64. The molecular weight excluding hydrogens is 350 g/mol. The summed E-state index contributed by atoms with van der Waals surface area (Å²) in [5.74, 6) is -0.0903. The number of rotatable bonds is 7. The fourth-order valence-electron chi connectivity index (χ4n) is 2.67. The summed E-state index contributed by atoms with van der Waals surface area (Å²) in [6.07, 6.45) is 1.10. The molecule has 0 heterocycles. The van der Waals surface area contributed by atoms with Crippen molar-refractivity contribution in [1.82, 2.24) is 0 Å². The molecule has 2 aromatic rings. The molecule has 0 fully saturated rings. The third-order valence-electron chi connectivity index (χ3n) is 4.41. The monoisotopic (exact) mass is 381 g/mol. The van der Waals surface area contributed by atoms with Crippen molar-refractivity contribution in [2.75, 3.05) is 11.9 Å². The second kappa shape index (κ2) is 9.54. The summed E-state index contributed by atoms with van der Waals surface area (Å²) in [4.78, 5) is 24.1. The fourth-order valence-corrected chi connectivity index (χ4v) is 2.67. The smallest absolute Gasteiger partial charge is 0.338 e. The van der Waals surface area contributed by atoms with Crippen molar-refractivity contribution < 1.29 is 14.3 Å². The van der Waals surface area contributed by atoms with Crippen molar-refractivity contribution in [1.29, 1.82) is 0 Å². The predicted octanol–water partition coefficient (Wildman–Crippen LogP) is 5.37. The van der Waals surface area contributed by atoms with Gasteiger partial charge in [-0.3, -0.25) is 4.79 Å². The molecule has 2 aromatic carbocycles. The first-order chi connectivity index (χ1) is 13.1. The van der Waals surface area contributed by atoms with Crippen LogP contribution < -0.4 is 5.32 Å². The second-order valence-corrected chi connectivity index (χ2v) is 8.56. The lowest BCUT2D eigenvalue weighted by Gasteiger charge is -2.19. The molecule has 0 aliphatic heterocycles. The maximum Gasteiger partial charge on any atom is 0.338 e. The largest absolute Gasteiger partial charge is 0.462 e. The number of hydrogen-bond donors (Lipinski definition) is 1. The van der Waals surface area contributed by atoms with E-state index in [0.29, 0.717) is 36.6 Å². The predicted molar refractivity (Wildman–Crippen MR) is 114 cm³/mol. The van der Waals surface area contributed by atoms with Gasteiger partial charge in [-0.05, 0) is 53.1 Å². The van der Waals surface area contributed by atoms with Gasteiger partial charge in [0.2, 0.25) is 5.91 Å². The summed E-state index contributed by atoms with van der Waals surface area (Å²) < 4.78 is 5.20. The summed E-state index contributed by atoms with van der Waals surface area (Å²) in [6.45, 7) is 10.9. The van der Waals surface area contributed by atoms with Gasteiger partial charge < -0.3 is 10.1 Å². The van der Waals surface area contributed by atoms with Crippen LogP contribution in [0.5, 0.6) is 0 Å². The van der Waals surface area contributed by atoms with Gasteiger partial charge in [0.1, 0.15) is 0 Å². The number of aryl methyl sites for hydroxylation is 1. The zero-order valence-corrected chi connectivity index (χ0v) is 17.5. The summed E-state index contributed by atoms with van der Waals surface area (Å²) in [6, 6.07) is 15.2. The molecule has 2 rings (SSSR count). The first kappa shape index (κ1) is 21.7. The lowest BCUT2D eigenvalue weighted by molar-refractivity contribution is -0.116. The minimum absolute atomic E-state index is 0.0463. The lowest BCUT2D eigenvalue weighted by Crippen LogP contribution is -2.13. The van der Waals surface area contributed by atoms with E-state index in [9.17, 15) is 9.59 Å². The minimum Gasteiger partial charge on any atom is -0.462 e. The number of esters is 1. The summed E-state index contributed by atoms with van der Waals surface area (Å²) >= 11 is 0. The van der Waals surface area contributed by atoms with Gasteiger partial charge in [0.15, 0.2) is 0 Å². The Hall–Kier alpha value is -2.62. The zero-order valence-electron chi connectivity index (χ0n) is 17.5. The molecule has 4 heteroatoms. The van der Waals surface area contributed by atoms with Gasteiger partial charge in [0.25, 0.3) is 0 Å². The molecule has 28 heavy (non-hydrogen) atoms. The van der Waals surface area contributed by atoms with Crippen molar-refractivity contribution in [3.63, 3.8) is 0 Å². The Morgan fingerprint density at radius 1 is 0.964 bits per heavy atom. The van der Waals surface area contributed by atoms with Gasteiger partial charge in [-0.1, -0.05) is 58.9 Å². The molecule has 1 amide bonds. The number of carbonyl (C=O) groups is 2. The number of hydrogen-bond acceptors (Lipinski definition) is 3. The van der Waals surface area contributed by atoms with E-state index >= 15 is 0 Å². The van der Waals surface area contributed by atoms with Crippen molar-refractivity contribution in [3.8, 4) is 0 Å². The molecule has 0 radical (unpaired) electrons. The van der Waals surface area contributed by atoms with Gasteiger partial charge in [-0.2, -0.15) is 0 Å². The molecule has 0 aliphatic rings. The van der Waals surface area contributed by atoms with Crippen LogP contribution in [-0.2, 0) is 21.4 Å². The molecule has 0 spiro atoms. The van der Waals surface area contributed by atoms with Gasteiger partial charge >= 0.3 is 5.97 Å². The number of nitrogens with one attached hydrogen (secondary N) is 1. The first-order valence-corrected chi connectivity index (χ1v) is 9.81. The van der Waals surface area contributed by atoms with E-state index in [4.69, 9.17) is 4.74 Å². The van der Waals surface area contributed by atoms with Crippen molar-refractivity contribution in [3.05, 3.63) is 65.2 Å². The molecule has 1 N–H and O–H groups in total. The van der Waals surface area contributed by atoms with Gasteiger partial charge in [-0.25, -0.2) is 4.79 Å². The van der Waals surface area contributed by atoms with Crippen molar-refractivity contribution in [2.24, 2.45) is 5.92 Å². The number of ether oxygens (including phenoxy) is 1. The van der Waals surface area contributed by atoms with E-state index in [2.05, 4.69) is 50.4 Å². The van der Waals surface area contributed by atoms with Gasteiger partial charge in [-0.15, -0.1) is 0 Å². The normalized spacial score (nSPS) is 11.4. The first-order valence-electron chi connectivity index (χ1n) is 9.81. The Balaban J connectivity index is 1.83. The van der Waals surface area contributed by atoms with Crippen LogP contribution in [0.1, 0.15) is 62.5 Å². The fraction of sp³-hybridized carbons (Fsp3) is 0.417. The molecule has 0 saturated heterocycles. The van der Waals surface area contributed by atoms with Crippen molar-refractivity contribution >= 4 is 17.6 Å². The lowest BCUT2D eigenvalue weighted by atomic mass is 9.86.